The smallest absolute Gasteiger partial charge is 0.228 e. The highest BCUT2D eigenvalue weighted by Gasteiger charge is 2.41. The van der Waals surface area contributed by atoms with Gasteiger partial charge in [0.1, 0.15) is 5.82 Å². The maximum Gasteiger partial charge on any atom is 0.228 e. The van der Waals surface area contributed by atoms with E-state index in [1.165, 1.54) is 0 Å². The minimum absolute atomic E-state index is 0.140. The number of rotatable bonds is 2. The average Bonchev–Trinajstić information content (AvgIpc) is 2.45. The summed E-state index contributed by atoms with van der Waals surface area (Å²) in [5.41, 5.74) is 0.504. The summed E-state index contributed by atoms with van der Waals surface area (Å²) in [7, 11) is 1.91. The first kappa shape index (κ1) is 16.7. The van der Waals surface area contributed by atoms with Gasteiger partial charge in [0.2, 0.25) is 5.91 Å². The SMILES string of the molecule is Cc1cncc(N2CCC(C)(C(=O)N(C)C(C)(C)C)CC2)n1. The summed E-state index contributed by atoms with van der Waals surface area (Å²) in [6.07, 6.45) is 5.27. The Morgan fingerprint density at radius 2 is 1.86 bits per heavy atom. The number of nitrogens with zero attached hydrogens (tertiary/aromatic N) is 4. The molecule has 1 aromatic rings. The van der Waals surface area contributed by atoms with Gasteiger partial charge in [-0.3, -0.25) is 9.78 Å². The standard InChI is InChI=1S/C17H28N4O/c1-13-11-18-12-14(19-13)21-9-7-17(5,8-10-21)15(22)20(6)16(2,3)4/h11-12H,7-10H2,1-6H3. The van der Waals surface area contributed by atoms with E-state index >= 15 is 0 Å². The highest BCUT2D eigenvalue weighted by atomic mass is 16.2. The highest BCUT2D eigenvalue weighted by molar-refractivity contribution is 5.83. The lowest BCUT2D eigenvalue weighted by molar-refractivity contribution is -0.145. The summed E-state index contributed by atoms with van der Waals surface area (Å²) >= 11 is 0. The molecule has 2 heterocycles. The first-order valence-corrected chi connectivity index (χ1v) is 7.95. The molecule has 2 rings (SSSR count). The van der Waals surface area contributed by atoms with Crippen molar-refractivity contribution in [1.29, 1.82) is 0 Å². The molecule has 1 fully saturated rings. The predicted molar refractivity (Wildman–Crippen MR) is 88.8 cm³/mol. The number of hydrogen-bond acceptors (Lipinski definition) is 4. The quantitative estimate of drug-likeness (QED) is 0.843. The van der Waals surface area contributed by atoms with E-state index in [0.29, 0.717) is 0 Å². The van der Waals surface area contributed by atoms with Gasteiger partial charge in [-0.2, -0.15) is 0 Å². The van der Waals surface area contributed by atoms with Gasteiger partial charge in [-0.25, -0.2) is 4.98 Å². The molecule has 5 heteroatoms. The van der Waals surface area contributed by atoms with Crippen LogP contribution in [0.1, 0.15) is 46.2 Å². The number of anilines is 1. The van der Waals surface area contributed by atoms with Crippen molar-refractivity contribution in [3.63, 3.8) is 0 Å². The van der Waals surface area contributed by atoms with Crippen molar-refractivity contribution in [3.8, 4) is 0 Å². The van der Waals surface area contributed by atoms with Gasteiger partial charge < -0.3 is 9.80 Å². The maximum absolute atomic E-state index is 12.8. The summed E-state index contributed by atoms with van der Waals surface area (Å²) in [4.78, 5) is 25.7. The molecule has 1 aromatic heterocycles. The lowest BCUT2D eigenvalue weighted by Gasteiger charge is -2.43. The fourth-order valence-corrected chi connectivity index (χ4v) is 2.76. The van der Waals surface area contributed by atoms with Crippen LogP contribution in [-0.4, -0.2) is 46.5 Å². The Morgan fingerprint density at radius 1 is 1.27 bits per heavy atom. The molecule has 22 heavy (non-hydrogen) atoms. The van der Waals surface area contributed by atoms with Gasteiger partial charge in [-0.05, 0) is 40.5 Å². The summed E-state index contributed by atoms with van der Waals surface area (Å²) in [6, 6.07) is 0. The van der Waals surface area contributed by atoms with Crippen molar-refractivity contribution in [2.45, 2.75) is 53.0 Å². The largest absolute Gasteiger partial charge is 0.355 e. The molecule has 5 nitrogen and oxygen atoms in total. The van der Waals surface area contributed by atoms with E-state index in [1.807, 2.05) is 18.9 Å². The van der Waals surface area contributed by atoms with Gasteiger partial charge in [0.15, 0.2) is 0 Å². The van der Waals surface area contributed by atoms with Crippen LogP contribution in [0.2, 0.25) is 0 Å². The summed E-state index contributed by atoms with van der Waals surface area (Å²) in [5, 5.41) is 0. The number of carbonyl (C=O) groups excluding carboxylic acids is 1. The zero-order valence-corrected chi connectivity index (χ0v) is 14.7. The van der Waals surface area contributed by atoms with Gasteiger partial charge in [0.25, 0.3) is 0 Å². The van der Waals surface area contributed by atoms with E-state index in [4.69, 9.17) is 0 Å². The second kappa shape index (κ2) is 5.86. The van der Waals surface area contributed by atoms with Crippen molar-refractivity contribution in [3.05, 3.63) is 18.1 Å². The van der Waals surface area contributed by atoms with E-state index in [9.17, 15) is 4.79 Å². The van der Waals surface area contributed by atoms with Crippen LogP contribution in [0.25, 0.3) is 0 Å². The number of amides is 1. The van der Waals surface area contributed by atoms with Crippen LogP contribution in [0, 0.1) is 12.3 Å². The van der Waals surface area contributed by atoms with Crippen molar-refractivity contribution in [2.75, 3.05) is 25.0 Å². The molecule has 0 aromatic carbocycles. The molecule has 0 spiro atoms. The van der Waals surface area contributed by atoms with Crippen LogP contribution < -0.4 is 4.90 Å². The molecule has 1 saturated heterocycles. The van der Waals surface area contributed by atoms with Gasteiger partial charge in [-0.15, -0.1) is 0 Å². The Kier molecular flexibility index (Phi) is 4.45. The normalized spacial score (nSPS) is 18.2. The fraction of sp³-hybridized carbons (Fsp3) is 0.706. The number of piperidine rings is 1. The van der Waals surface area contributed by atoms with Crippen molar-refractivity contribution in [2.24, 2.45) is 5.41 Å². The lowest BCUT2D eigenvalue weighted by Crippen LogP contribution is -2.53. The van der Waals surface area contributed by atoms with Crippen LogP contribution in [0.4, 0.5) is 5.82 Å². The molecule has 0 bridgehead atoms. The Hall–Kier alpha value is -1.65. The van der Waals surface area contributed by atoms with Crippen LogP contribution in [0.3, 0.4) is 0 Å². The highest BCUT2D eigenvalue weighted by Crippen LogP contribution is 2.35. The molecule has 0 radical (unpaired) electrons. The van der Waals surface area contributed by atoms with Crippen molar-refractivity contribution in [1.82, 2.24) is 14.9 Å². The van der Waals surface area contributed by atoms with E-state index in [2.05, 4.69) is 42.6 Å². The van der Waals surface area contributed by atoms with Gasteiger partial charge in [-0.1, -0.05) is 6.92 Å². The summed E-state index contributed by atoms with van der Waals surface area (Å²) in [6.45, 7) is 12.0. The van der Waals surface area contributed by atoms with Gasteiger partial charge in [0.05, 0.1) is 11.9 Å². The van der Waals surface area contributed by atoms with Crippen molar-refractivity contribution >= 4 is 11.7 Å². The molecule has 1 aliphatic heterocycles. The Balaban J connectivity index is 2.06. The Morgan fingerprint density at radius 3 is 2.36 bits per heavy atom. The second-order valence-electron chi connectivity index (χ2n) is 7.60. The first-order valence-electron chi connectivity index (χ1n) is 7.95. The number of aryl methyl sites for hydroxylation is 1. The maximum atomic E-state index is 12.8. The van der Waals surface area contributed by atoms with E-state index in [1.54, 1.807) is 12.4 Å². The van der Waals surface area contributed by atoms with E-state index in [-0.39, 0.29) is 16.9 Å². The molecule has 1 amide bonds. The fourth-order valence-electron chi connectivity index (χ4n) is 2.76. The predicted octanol–water partition coefficient (Wildman–Crippen LogP) is 2.65. The zero-order valence-electron chi connectivity index (χ0n) is 14.7. The van der Waals surface area contributed by atoms with E-state index in [0.717, 1.165) is 37.4 Å². The van der Waals surface area contributed by atoms with Crippen LogP contribution in [0.15, 0.2) is 12.4 Å². The molecular formula is C17H28N4O. The third-order valence-corrected chi connectivity index (χ3v) is 4.76. The molecule has 0 aliphatic carbocycles. The third kappa shape index (κ3) is 3.39. The molecule has 0 saturated carbocycles. The number of hydrogen-bond donors (Lipinski definition) is 0. The van der Waals surface area contributed by atoms with Gasteiger partial charge in [0, 0.05) is 37.3 Å². The minimum Gasteiger partial charge on any atom is -0.355 e. The minimum atomic E-state index is -0.282. The molecule has 1 aliphatic rings. The molecule has 0 unspecified atom stereocenters. The second-order valence-corrected chi connectivity index (χ2v) is 7.60. The van der Waals surface area contributed by atoms with Crippen LogP contribution >= 0.6 is 0 Å². The number of aromatic nitrogens is 2. The first-order chi connectivity index (χ1) is 10.1. The summed E-state index contributed by atoms with van der Waals surface area (Å²) < 4.78 is 0. The van der Waals surface area contributed by atoms with E-state index < -0.39 is 0 Å². The lowest BCUT2D eigenvalue weighted by atomic mass is 9.78. The van der Waals surface area contributed by atoms with Crippen LogP contribution in [-0.2, 0) is 4.79 Å². The molecule has 0 atom stereocenters. The number of carbonyl (C=O) groups is 1. The Labute approximate surface area is 133 Å². The van der Waals surface area contributed by atoms with Crippen LogP contribution in [0.5, 0.6) is 0 Å². The topological polar surface area (TPSA) is 49.3 Å². The monoisotopic (exact) mass is 304 g/mol. The van der Waals surface area contributed by atoms with Crippen molar-refractivity contribution < 1.29 is 4.79 Å². The molecule has 122 valence electrons. The molecule has 0 N–H and O–H groups in total. The average molecular weight is 304 g/mol. The van der Waals surface area contributed by atoms with Gasteiger partial charge >= 0.3 is 0 Å². The zero-order chi connectivity index (χ0) is 16.5. The molecular weight excluding hydrogens is 276 g/mol. The third-order valence-electron chi connectivity index (χ3n) is 4.76. The Bertz CT molecular complexity index is 542. The summed E-state index contributed by atoms with van der Waals surface area (Å²) in [5.74, 6) is 1.16.